The molecule has 0 saturated heterocycles. The van der Waals surface area contributed by atoms with Crippen LogP contribution < -0.4 is 0 Å². The molecule has 17 heavy (non-hydrogen) atoms. The lowest BCUT2D eigenvalue weighted by molar-refractivity contribution is 0.100. The summed E-state index contributed by atoms with van der Waals surface area (Å²) < 4.78 is 21.5. The molecule has 0 bridgehead atoms. The minimum Gasteiger partial charge on any atom is -0.290 e. The van der Waals surface area contributed by atoms with Crippen molar-refractivity contribution in [2.45, 2.75) is 9.14 Å². The van der Waals surface area contributed by atoms with Crippen LogP contribution in [0.1, 0.15) is 17.3 Å². The molecule has 0 fully saturated rings. The van der Waals surface area contributed by atoms with E-state index in [4.69, 9.17) is 23.2 Å². The Morgan fingerprint density at radius 3 is 2.24 bits per heavy atom. The number of hydrogen-bond acceptors (Lipinski definition) is 3. The van der Waals surface area contributed by atoms with Crippen LogP contribution in [0.3, 0.4) is 0 Å². The SMILES string of the molecule is CCS(=O)(=O)[C@](Cl)(I)C(=O)c1ccc(Cl)cc1. The molecule has 0 saturated carbocycles. The number of hydrogen-bond donors (Lipinski definition) is 0. The fourth-order valence-corrected chi connectivity index (χ4v) is 3.66. The molecule has 94 valence electrons. The van der Waals surface area contributed by atoms with E-state index >= 15 is 0 Å². The van der Waals surface area contributed by atoms with Crippen LogP contribution in [-0.2, 0) is 9.84 Å². The van der Waals surface area contributed by atoms with Gasteiger partial charge in [0.25, 0.3) is 2.21 Å². The lowest BCUT2D eigenvalue weighted by Crippen LogP contribution is -2.36. The zero-order valence-electron chi connectivity index (χ0n) is 8.78. The van der Waals surface area contributed by atoms with Gasteiger partial charge >= 0.3 is 0 Å². The van der Waals surface area contributed by atoms with Gasteiger partial charge in [-0.1, -0.05) is 30.1 Å². The van der Waals surface area contributed by atoms with Crippen LogP contribution in [0.4, 0.5) is 0 Å². The highest BCUT2D eigenvalue weighted by Gasteiger charge is 2.45. The van der Waals surface area contributed by atoms with Crippen molar-refractivity contribution in [3.63, 3.8) is 0 Å². The predicted molar refractivity (Wildman–Crippen MR) is 77.8 cm³/mol. The third-order valence-corrected chi connectivity index (χ3v) is 7.50. The largest absolute Gasteiger partial charge is 0.290 e. The maximum Gasteiger partial charge on any atom is 0.257 e. The van der Waals surface area contributed by atoms with Crippen molar-refractivity contribution in [2.75, 3.05) is 5.75 Å². The van der Waals surface area contributed by atoms with Gasteiger partial charge in [0.2, 0.25) is 5.78 Å². The van der Waals surface area contributed by atoms with E-state index in [1.165, 1.54) is 53.8 Å². The van der Waals surface area contributed by atoms with Gasteiger partial charge in [-0.05, 0) is 46.9 Å². The van der Waals surface area contributed by atoms with E-state index in [9.17, 15) is 13.2 Å². The minimum atomic E-state index is -3.69. The molecule has 1 atom stereocenters. The lowest BCUT2D eigenvalue weighted by Gasteiger charge is -2.18. The first-order valence-corrected chi connectivity index (χ1v) is 8.11. The fourth-order valence-electron chi connectivity index (χ4n) is 1.09. The third kappa shape index (κ3) is 3.13. The van der Waals surface area contributed by atoms with E-state index in [2.05, 4.69) is 0 Å². The van der Waals surface area contributed by atoms with Crippen LogP contribution >= 0.6 is 45.8 Å². The van der Waals surface area contributed by atoms with Crippen LogP contribution in [0.5, 0.6) is 0 Å². The van der Waals surface area contributed by atoms with Crippen LogP contribution in [0, 0.1) is 0 Å². The normalized spacial score (nSPS) is 15.3. The summed E-state index contributed by atoms with van der Waals surface area (Å²) in [4.78, 5) is 12.0. The molecule has 0 heterocycles. The van der Waals surface area contributed by atoms with Crippen LogP contribution in [-0.4, -0.2) is 22.2 Å². The van der Waals surface area contributed by atoms with Crippen LogP contribution in [0.25, 0.3) is 0 Å². The molecule has 0 radical (unpaired) electrons. The Morgan fingerprint density at radius 2 is 1.82 bits per heavy atom. The molecule has 0 aliphatic rings. The number of carbonyl (C=O) groups is 1. The monoisotopic (exact) mass is 406 g/mol. The van der Waals surface area contributed by atoms with Gasteiger partial charge in [-0.15, -0.1) is 0 Å². The Kier molecular flexibility index (Phi) is 4.85. The van der Waals surface area contributed by atoms with Gasteiger partial charge in [-0.3, -0.25) is 4.79 Å². The fraction of sp³-hybridized carbons (Fsp3) is 0.300. The van der Waals surface area contributed by atoms with E-state index in [1.807, 2.05) is 0 Å². The van der Waals surface area contributed by atoms with Gasteiger partial charge in [0.15, 0.2) is 9.84 Å². The molecule has 0 spiro atoms. The van der Waals surface area contributed by atoms with Crippen molar-refractivity contribution in [3.05, 3.63) is 34.9 Å². The highest BCUT2D eigenvalue weighted by Crippen LogP contribution is 2.35. The summed E-state index contributed by atoms with van der Waals surface area (Å²) in [6.07, 6.45) is 0. The number of benzene rings is 1. The number of sulfone groups is 1. The lowest BCUT2D eigenvalue weighted by atomic mass is 10.1. The number of rotatable bonds is 4. The van der Waals surface area contributed by atoms with E-state index in [1.54, 1.807) is 0 Å². The average Bonchev–Trinajstić information content (AvgIpc) is 2.28. The molecule has 0 aromatic heterocycles. The average molecular weight is 407 g/mol. The van der Waals surface area contributed by atoms with Crippen molar-refractivity contribution in [3.8, 4) is 0 Å². The summed E-state index contributed by atoms with van der Waals surface area (Å²) in [7, 11) is -3.69. The van der Waals surface area contributed by atoms with E-state index in [-0.39, 0.29) is 11.3 Å². The summed E-state index contributed by atoms with van der Waals surface area (Å²) in [5.41, 5.74) is 0.218. The Hall–Kier alpha value is 0.150. The first kappa shape index (κ1) is 15.2. The van der Waals surface area contributed by atoms with Crippen molar-refractivity contribution >= 4 is 61.4 Å². The molecule has 0 amide bonds. The maximum atomic E-state index is 12.0. The molecule has 3 nitrogen and oxygen atoms in total. The van der Waals surface area contributed by atoms with Crippen molar-refractivity contribution in [1.82, 2.24) is 0 Å². The molecular weight excluding hydrogens is 398 g/mol. The van der Waals surface area contributed by atoms with E-state index in [0.29, 0.717) is 5.02 Å². The Balaban J connectivity index is 3.18. The summed E-state index contributed by atoms with van der Waals surface area (Å²) in [5, 5.41) is 0.466. The summed E-state index contributed by atoms with van der Waals surface area (Å²) in [5.74, 6) is -0.850. The van der Waals surface area contributed by atoms with Crippen LogP contribution in [0.15, 0.2) is 24.3 Å². The zero-order valence-corrected chi connectivity index (χ0v) is 13.3. The third-order valence-electron chi connectivity index (χ3n) is 2.14. The Morgan fingerprint density at radius 1 is 1.35 bits per heavy atom. The summed E-state index contributed by atoms with van der Waals surface area (Å²) in [6.45, 7) is 1.44. The van der Waals surface area contributed by atoms with Gasteiger partial charge < -0.3 is 0 Å². The smallest absolute Gasteiger partial charge is 0.257 e. The van der Waals surface area contributed by atoms with Gasteiger partial charge in [0.1, 0.15) is 0 Å². The standard InChI is InChI=1S/C10H9Cl2IO3S/c1-2-17(15,16)10(12,13)9(14)7-3-5-8(11)6-4-7/h3-6H,2H2,1H3/t10-/m1/s1. The summed E-state index contributed by atoms with van der Waals surface area (Å²) >= 11 is 13.0. The predicted octanol–water partition coefficient (Wildman–Crippen LogP) is 3.29. The number of carbonyl (C=O) groups excluding carboxylic acids is 1. The molecule has 0 aliphatic carbocycles. The topological polar surface area (TPSA) is 51.2 Å². The highest BCUT2D eigenvalue weighted by atomic mass is 127. The molecule has 7 heteroatoms. The molecule has 0 unspecified atom stereocenters. The molecule has 1 aromatic rings. The molecule has 1 rings (SSSR count). The van der Waals surface area contributed by atoms with Gasteiger partial charge in [0, 0.05) is 10.6 Å². The van der Waals surface area contributed by atoms with E-state index < -0.39 is 17.8 Å². The molecule has 0 N–H and O–H groups in total. The maximum absolute atomic E-state index is 12.0. The van der Waals surface area contributed by atoms with Crippen molar-refractivity contribution in [2.24, 2.45) is 0 Å². The number of halogens is 3. The second kappa shape index (κ2) is 5.42. The Bertz CT molecular complexity index is 523. The zero-order chi connectivity index (χ0) is 13.3. The first-order valence-electron chi connectivity index (χ1n) is 4.63. The van der Waals surface area contributed by atoms with Gasteiger partial charge in [0.05, 0.1) is 5.75 Å². The minimum absolute atomic E-state index is 0.196. The second-order valence-electron chi connectivity index (χ2n) is 3.26. The second-order valence-corrected chi connectivity index (χ2v) is 9.89. The molecule has 1 aromatic carbocycles. The quantitative estimate of drug-likeness (QED) is 0.438. The van der Waals surface area contributed by atoms with Crippen molar-refractivity contribution in [1.29, 1.82) is 0 Å². The van der Waals surface area contributed by atoms with Gasteiger partial charge in [-0.2, -0.15) is 0 Å². The van der Waals surface area contributed by atoms with Crippen LogP contribution in [0.2, 0.25) is 5.02 Å². The first-order chi connectivity index (χ1) is 7.72. The number of ketones is 1. The number of Topliss-reactive ketones (excluding diaryl/α,β-unsaturated/α-hetero) is 1. The molecular formula is C10H9Cl2IO3S. The van der Waals surface area contributed by atoms with Gasteiger partial charge in [-0.25, -0.2) is 8.42 Å². The van der Waals surface area contributed by atoms with E-state index in [0.717, 1.165) is 0 Å². The number of alkyl halides is 2. The Labute approximate surface area is 124 Å². The highest BCUT2D eigenvalue weighted by molar-refractivity contribution is 14.1. The summed E-state index contributed by atoms with van der Waals surface area (Å²) in [6, 6.07) is 5.92. The van der Waals surface area contributed by atoms with Crippen molar-refractivity contribution < 1.29 is 13.2 Å². The molecule has 0 aliphatic heterocycles.